The Morgan fingerprint density at radius 2 is 2.00 bits per heavy atom. The molecular weight excluding hydrogens is 438 g/mol. The van der Waals surface area contributed by atoms with Crippen LogP contribution in [0.15, 0.2) is 70.4 Å². The van der Waals surface area contributed by atoms with Crippen LogP contribution in [-0.2, 0) is 4.79 Å². The number of hydrazone groups is 1. The molecule has 0 radical (unpaired) electrons. The molecule has 0 bridgehead atoms. The van der Waals surface area contributed by atoms with Crippen LogP contribution in [0.25, 0.3) is 0 Å². The van der Waals surface area contributed by atoms with Crippen molar-refractivity contribution < 1.29 is 19.2 Å². The van der Waals surface area contributed by atoms with Crippen LogP contribution < -0.4 is 10.6 Å². The lowest BCUT2D eigenvalue weighted by molar-refractivity contribution is -0.384. The summed E-state index contributed by atoms with van der Waals surface area (Å²) < 4.78 is 5.57. The highest BCUT2D eigenvalue weighted by Crippen LogP contribution is 2.33. The predicted molar refractivity (Wildman–Crippen MR) is 128 cm³/mol. The van der Waals surface area contributed by atoms with Gasteiger partial charge in [0.05, 0.1) is 41.4 Å². The number of furan rings is 1. The third-order valence-corrected chi connectivity index (χ3v) is 5.49. The predicted octanol–water partition coefficient (Wildman–Crippen LogP) is 3.69. The summed E-state index contributed by atoms with van der Waals surface area (Å²) in [6, 6.07) is 15.4. The molecule has 1 aromatic heterocycles. The average molecular weight is 463 g/mol. The van der Waals surface area contributed by atoms with E-state index in [1.807, 2.05) is 37.3 Å². The number of nitrogens with one attached hydrogen (secondary N) is 2. The second kappa shape index (κ2) is 10.2. The molecule has 10 nitrogen and oxygen atoms in total. The number of aliphatic hydroxyl groups excluding tert-OH is 1. The Labute approximate surface area is 196 Å². The van der Waals surface area contributed by atoms with Crippen LogP contribution in [0.2, 0.25) is 0 Å². The highest BCUT2D eigenvalue weighted by atomic mass is 16.6. The van der Waals surface area contributed by atoms with Gasteiger partial charge in [-0.2, -0.15) is 5.10 Å². The van der Waals surface area contributed by atoms with Crippen molar-refractivity contribution in [2.45, 2.75) is 19.4 Å². The molecule has 2 heterocycles. The molecule has 1 aliphatic heterocycles. The maximum absolute atomic E-state index is 13.2. The highest BCUT2D eigenvalue weighted by Gasteiger charge is 2.34. The normalized spacial score (nSPS) is 15.2. The van der Waals surface area contributed by atoms with E-state index >= 15 is 0 Å². The number of nitrogens with zero attached hydrogens (tertiary/aromatic N) is 3. The summed E-state index contributed by atoms with van der Waals surface area (Å²) >= 11 is 0. The van der Waals surface area contributed by atoms with Gasteiger partial charge in [0, 0.05) is 25.1 Å². The Kier molecular flexibility index (Phi) is 6.88. The van der Waals surface area contributed by atoms with Crippen molar-refractivity contribution in [3.8, 4) is 0 Å². The summed E-state index contributed by atoms with van der Waals surface area (Å²) in [6.45, 7) is 2.02. The number of nitro groups is 1. The summed E-state index contributed by atoms with van der Waals surface area (Å²) in [5.74, 6) is 0.308. The van der Waals surface area contributed by atoms with Crippen molar-refractivity contribution in [2.75, 3.05) is 30.3 Å². The Morgan fingerprint density at radius 3 is 2.68 bits per heavy atom. The van der Waals surface area contributed by atoms with Gasteiger partial charge in [-0.15, -0.1) is 0 Å². The zero-order valence-electron chi connectivity index (χ0n) is 18.6. The number of aliphatic hydroxyl groups is 1. The van der Waals surface area contributed by atoms with Gasteiger partial charge in [-0.1, -0.05) is 29.8 Å². The number of carbonyl (C=O) groups excluding carboxylic acids is 1. The number of benzene rings is 2. The van der Waals surface area contributed by atoms with Gasteiger partial charge in [-0.25, -0.2) is 5.01 Å². The molecule has 0 unspecified atom stereocenters. The highest BCUT2D eigenvalue weighted by molar-refractivity contribution is 6.03. The molecule has 0 aliphatic carbocycles. The maximum Gasteiger partial charge on any atom is 0.271 e. The van der Waals surface area contributed by atoms with Gasteiger partial charge >= 0.3 is 0 Å². The Morgan fingerprint density at radius 1 is 1.21 bits per heavy atom. The molecule has 10 heteroatoms. The maximum atomic E-state index is 13.2. The van der Waals surface area contributed by atoms with E-state index in [2.05, 4.69) is 15.7 Å². The first-order valence-electron chi connectivity index (χ1n) is 10.8. The number of carbonyl (C=O) groups is 1. The fraction of sp³-hybridized carbons (Fsp3) is 0.250. The molecule has 0 spiro atoms. The molecule has 176 valence electrons. The van der Waals surface area contributed by atoms with E-state index in [0.717, 1.165) is 16.8 Å². The second-order valence-corrected chi connectivity index (χ2v) is 7.88. The van der Waals surface area contributed by atoms with Gasteiger partial charge in [0.2, 0.25) is 0 Å². The van der Waals surface area contributed by atoms with Gasteiger partial charge in [0.25, 0.3) is 11.6 Å². The molecule has 34 heavy (non-hydrogen) atoms. The van der Waals surface area contributed by atoms with E-state index in [-0.39, 0.29) is 31.3 Å². The van der Waals surface area contributed by atoms with Crippen molar-refractivity contribution in [3.05, 3.63) is 87.9 Å². The topological polar surface area (TPSA) is 133 Å². The van der Waals surface area contributed by atoms with Crippen molar-refractivity contribution in [3.63, 3.8) is 0 Å². The first kappa shape index (κ1) is 23.0. The monoisotopic (exact) mass is 463 g/mol. The number of amides is 1. The largest absolute Gasteiger partial charge is 0.467 e. The minimum atomic E-state index is -0.506. The first-order chi connectivity index (χ1) is 16.5. The number of rotatable bonds is 9. The zero-order valence-corrected chi connectivity index (χ0v) is 18.6. The molecule has 0 saturated heterocycles. The molecule has 1 aliphatic rings. The third-order valence-electron chi connectivity index (χ3n) is 5.49. The van der Waals surface area contributed by atoms with E-state index in [0.29, 0.717) is 23.6 Å². The number of hydrogen-bond donors (Lipinski definition) is 3. The van der Waals surface area contributed by atoms with Gasteiger partial charge in [-0.05, 0) is 30.7 Å². The molecule has 3 aromatic rings. The molecular formula is C24H25N5O5. The molecule has 0 fully saturated rings. The van der Waals surface area contributed by atoms with Crippen LogP contribution in [0, 0.1) is 17.0 Å². The molecule has 4 rings (SSSR count). The van der Waals surface area contributed by atoms with Crippen LogP contribution in [0.5, 0.6) is 0 Å². The number of nitro benzene ring substituents is 1. The average Bonchev–Trinajstić information content (AvgIpc) is 3.52. The quantitative estimate of drug-likeness (QED) is 0.325. The van der Waals surface area contributed by atoms with E-state index in [1.165, 1.54) is 23.2 Å². The lowest BCUT2D eigenvalue weighted by Crippen LogP contribution is -2.32. The fourth-order valence-corrected chi connectivity index (χ4v) is 3.75. The van der Waals surface area contributed by atoms with Crippen LogP contribution >= 0.6 is 0 Å². The van der Waals surface area contributed by atoms with E-state index in [4.69, 9.17) is 9.52 Å². The summed E-state index contributed by atoms with van der Waals surface area (Å²) in [5.41, 5.74) is 3.64. The van der Waals surface area contributed by atoms with Gasteiger partial charge < -0.3 is 20.2 Å². The summed E-state index contributed by atoms with van der Waals surface area (Å²) in [5, 5.41) is 32.3. The van der Waals surface area contributed by atoms with Crippen LogP contribution in [0.3, 0.4) is 0 Å². The summed E-state index contributed by atoms with van der Waals surface area (Å²) in [4.78, 5) is 23.9. The van der Waals surface area contributed by atoms with Gasteiger partial charge in [0.1, 0.15) is 11.8 Å². The smallest absolute Gasteiger partial charge is 0.271 e. The molecule has 0 saturated carbocycles. The Hall–Kier alpha value is -4.18. The SMILES string of the molecule is Cc1ccc(C2=NN(C(=O)CNc3cc([N+](=O)[O-])ccc3NCCO)[C@@H](c3ccco3)C2)cc1. The van der Waals surface area contributed by atoms with Gasteiger partial charge in [0.15, 0.2) is 0 Å². The van der Waals surface area contributed by atoms with Crippen molar-refractivity contribution >= 4 is 28.7 Å². The van der Waals surface area contributed by atoms with Crippen molar-refractivity contribution in [1.29, 1.82) is 0 Å². The Balaban J connectivity index is 1.56. The lowest BCUT2D eigenvalue weighted by Gasteiger charge is -2.21. The number of anilines is 2. The molecule has 2 aromatic carbocycles. The summed E-state index contributed by atoms with van der Waals surface area (Å²) in [7, 11) is 0. The van der Waals surface area contributed by atoms with E-state index < -0.39 is 11.0 Å². The lowest BCUT2D eigenvalue weighted by atomic mass is 10.0. The van der Waals surface area contributed by atoms with Gasteiger partial charge in [-0.3, -0.25) is 14.9 Å². The Bertz CT molecular complexity index is 1190. The second-order valence-electron chi connectivity index (χ2n) is 7.88. The minimum Gasteiger partial charge on any atom is -0.467 e. The van der Waals surface area contributed by atoms with Crippen molar-refractivity contribution in [1.82, 2.24) is 5.01 Å². The number of hydrogen-bond acceptors (Lipinski definition) is 8. The first-order valence-corrected chi connectivity index (χ1v) is 10.8. The number of aryl methyl sites for hydroxylation is 1. The van der Waals surface area contributed by atoms with E-state index in [9.17, 15) is 14.9 Å². The molecule has 1 atom stereocenters. The number of non-ortho nitro benzene ring substituents is 1. The minimum absolute atomic E-state index is 0.107. The van der Waals surface area contributed by atoms with Crippen LogP contribution in [0.4, 0.5) is 17.1 Å². The third kappa shape index (κ3) is 5.07. The van der Waals surface area contributed by atoms with Crippen molar-refractivity contribution in [2.24, 2.45) is 5.10 Å². The standard InChI is InChI=1S/C24H25N5O5/c1-16-4-6-17(7-5-16)20-14-22(23-3-2-12-34-23)28(27-20)24(31)15-26-21-13-18(29(32)33)8-9-19(21)25-10-11-30/h2-9,12-13,22,25-26,30H,10-11,14-15H2,1H3/t22-/m1/s1. The molecule has 3 N–H and O–H groups in total. The summed E-state index contributed by atoms with van der Waals surface area (Å²) in [6.07, 6.45) is 2.06. The van der Waals surface area contributed by atoms with Crippen LogP contribution in [-0.4, -0.2) is 46.4 Å². The van der Waals surface area contributed by atoms with Crippen LogP contribution in [0.1, 0.15) is 29.3 Å². The zero-order chi connectivity index (χ0) is 24.1. The molecule has 1 amide bonds. The van der Waals surface area contributed by atoms with E-state index in [1.54, 1.807) is 12.3 Å². The fourth-order valence-electron chi connectivity index (χ4n) is 3.75.